The largest absolute Gasteiger partial charge is 0.298 e. The van der Waals surface area contributed by atoms with Crippen LogP contribution in [-0.4, -0.2) is 51.5 Å². The number of halogens is 1. The van der Waals surface area contributed by atoms with Crippen LogP contribution in [0.2, 0.25) is 5.15 Å². The summed E-state index contributed by atoms with van der Waals surface area (Å²) in [5, 5.41) is 0.465. The van der Waals surface area contributed by atoms with E-state index in [9.17, 15) is 0 Å². The summed E-state index contributed by atoms with van der Waals surface area (Å²) in [6.07, 6.45) is 6.12. The van der Waals surface area contributed by atoms with Crippen LogP contribution >= 0.6 is 11.6 Å². The van der Waals surface area contributed by atoms with Crippen molar-refractivity contribution in [1.82, 2.24) is 19.8 Å². The van der Waals surface area contributed by atoms with Crippen LogP contribution in [0.1, 0.15) is 25.5 Å². The zero-order valence-electron chi connectivity index (χ0n) is 10.7. The standard InChI is InChI=1S/C13H19ClN4/c1-10-7-17-4-2-3-12(17)9-18(10)8-11-5-16-13(14)6-15-11/h5-6,10,12H,2-4,7-9H2,1H3. The Morgan fingerprint density at radius 1 is 1.33 bits per heavy atom. The van der Waals surface area contributed by atoms with Crippen LogP contribution in [0.5, 0.6) is 0 Å². The average Bonchev–Trinajstić information content (AvgIpc) is 2.79. The van der Waals surface area contributed by atoms with Gasteiger partial charge in [-0.05, 0) is 26.3 Å². The van der Waals surface area contributed by atoms with Crippen molar-refractivity contribution < 1.29 is 0 Å². The second-order valence-corrected chi connectivity index (χ2v) is 5.79. The lowest BCUT2D eigenvalue weighted by Gasteiger charge is -2.42. The summed E-state index contributed by atoms with van der Waals surface area (Å²) in [5.41, 5.74) is 1.01. The first kappa shape index (κ1) is 12.3. The fourth-order valence-corrected chi connectivity index (χ4v) is 3.19. The van der Waals surface area contributed by atoms with Gasteiger partial charge in [-0.25, -0.2) is 4.98 Å². The third kappa shape index (κ3) is 2.51. The first-order valence-electron chi connectivity index (χ1n) is 6.67. The van der Waals surface area contributed by atoms with E-state index < -0.39 is 0 Å². The normalized spacial score (nSPS) is 29.4. The Morgan fingerprint density at radius 2 is 2.22 bits per heavy atom. The lowest BCUT2D eigenvalue weighted by molar-refractivity contribution is 0.0531. The second-order valence-electron chi connectivity index (χ2n) is 5.40. The van der Waals surface area contributed by atoms with Crippen molar-refractivity contribution in [2.24, 2.45) is 0 Å². The lowest BCUT2D eigenvalue weighted by Crippen LogP contribution is -2.54. The molecule has 2 fully saturated rings. The molecule has 3 heterocycles. The molecule has 0 radical (unpaired) electrons. The minimum absolute atomic E-state index is 0.465. The molecule has 2 aliphatic rings. The zero-order chi connectivity index (χ0) is 12.5. The molecule has 4 nitrogen and oxygen atoms in total. The molecule has 0 spiro atoms. The van der Waals surface area contributed by atoms with Gasteiger partial charge in [0.2, 0.25) is 0 Å². The van der Waals surface area contributed by atoms with Crippen molar-refractivity contribution >= 4 is 11.6 Å². The topological polar surface area (TPSA) is 32.3 Å². The molecule has 0 aliphatic carbocycles. The van der Waals surface area contributed by atoms with E-state index in [-0.39, 0.29) is 0 Å². The first-order chi connectivity index (χ1) is 8.72. The maximum Gasteiger partial charge on any atom is 0.147 e. The van der Waals surface area contributed by atoms with Gasteiger partial charge in [-0.1, -0.05) is 11.6 Å². The molecule has 2 atom stereocenters. The van der Waals surface area contributed by atoms with Crippen LogP contribution in [-0.2, 0) is 6.54 Å². The van der Waals surface area contributed by atoms with Gasteiger partial charge in [0.15, 0.2) is 0 Å². The van der Waals surface area contributed by atoms with Crippen molar-refractivity contribution in [2.75, 3.05) is 19.6 Å². The third-order valence-electron chi connectivity index (χ3n) is 4.11. The van der Waals surface area contributed by atoms with E-state index in [4.69, 9.17) is 11.6 Å². The Labute approximate surface area is 113 Å². The van der Waals surface area contributed by atoms with E-state index >= 15 is 0 Å². The summed E-state index contributed by atoms with van der Waals surface area (Å²) in [6.45, 7) is 6.81. The predicted octanol–water partition coefficient (Wildman–Crippen LogP) is 1.80. The maximum absolute atomic E-state index is 5.76. The summed E-state index contributed by atoms with van der Waals surface area (Å²) >= 11 is 5.76. The minimum Gasteiger partial charge on any atom is -0.298 e. The number of rotatable bonds is 2. The third-order valence-corrected chi connectivity index (χ3v) is 4.30. The maximum atomic E-state index is 5.76. The number of fused-ring (bicyclic) bond motifs is 1. The molecular formula is C13H19ClN4. The Balaban J connectivity index is 1.66. The molecule has 5 heteroatoms. The van der Waals surface area contributed by atoms with Gasteiger partial charge in [-0.15, -0.1) is 0 Å². The second kappa shape index (κ2) is 5.11. The fourth-order valence-electron chi connectivity index (χ4n) is 3.10. The van der Waals surface area contributed by atoms with Gasteiger partial charge in [-0.2, -0.15) is 0 Å². The number of aromatic nitrogens is 2. The molecular weight excluding hydrogens is 248 g/mol. The highest BCUT2D eigenvalue weighted by Crippen LogP contribution is 2.25. The smallest absolute Gasteiger partial charge is 0.147 e. The molecule has 3 rings (SSSR count). The summed E-state index contributed by atoms with van der Waals surface area (Å²) in [7, 11) is 0. The van der Waals surface area contributed by atoms with Gasteiger partial charge in [0.1, 0.15) is 5.15 Å². The molecule has 0 N–H and O–H groups in total. The molecule has 0 saturated carbocycles. The molecule has 98 valence electrons. The van der Waals surface area contributed by atoms with E-state index in [0.717, 1.165) is 24.8 Å². The summed E-state index contributed by atoms with van der Waals surface area (Å²) in [6, 6.07) is 1.35. The van der Waals surface area contributed by atoms with E-state index in [1.807, 2.05) is 0 Å². The Hall–Kier alpha value is -0.710. The van der Waals surface area contributed by atoms with Crippen molar-refractivity contribution in [3.05, 3.63) is 23.2 Å². The van der Waals surface area contributed by atoms with E-state index in [0.29, 0.717) is 11.2 Å². The fraction of sp³-hybridized carbons (Fsp3) is 0.692. The molecule has 2 saturated heterocycles. The summed E-state index contributed by atoms with van der Waals surface area (Å²) in [5.74, 6) is 0. The molecule has 0 aromatic carbocycles. The Kier molecular flexibility index (Phi) is 3.50. The van der Waals surface area contributed by atoms with Crippen molar-refractivity contribution in [2.45, 2.75) is 38.4 Å². The molecule has 0 amide bonds. The van der Waals surface area contributed by atoms with Gasteiger partial charge in [0.25, 0.3) is 0 Å². The van der Waals surface area contributed by atoms with Gasteiger partial charge < -0.3 is 0 Å². The average molecular weight is 267 g/mol. The van der Waals surface area contributed by atoms with Crippen molar-refractivity contribution in [3.8, 4) is 0 Å². The van der Waals surface area contributed by atoms with E-state index in [2.05, 4.69) is 26.7 Å². The van der Waals surface area contributed by atoms with Gasteiger partial charge in [0.05, 0.1) is 18.1 Å². The summed E-state index contributed by atoms with van der Waals surface area (Å²) < 4.78 is 0. The highest BCUT2D eigenvalue weighted by atomic mass is 35.5. The highest BCUT2D eigenvalue weighted by molar-refractivity contribution is 6.29. The Morgan fingerprint density at radius 3 is 3.00 bits per heavy atom. The van der Waals surface area contributed by atoms with Crippen LogP contribution in [0.15, 0.2) is 12.4 Å². The number of nitrogens with zero attached hydrogens (tertiary/aromatic N) is 4. The molecule has 2 aliphatic heterocycles. The van der Waals surface area contributed by atoms with Crippen LogP contribution < -0.4 is 0 Å². The SMILES string of the molecule is CC1CN2CCCC2CN1Cc1cnc(Cl)cn1. The van der Waals surface area contributed by atoms with Crippen LogP contribution in [0.25, 0.3) is 0 Å². The summed E-state index contributed by atoms with van der Waals surface area (Å²) in [4.78, 5) is 13.6. The predicted molar refractivity (Wildman–Crippen MR) is 71.5 cm³/mol. The Bertz CT molecular complexity index is 408. The van der Waals surface area contributed by atoms with Crippen molar-refractivity contribution in [3.63, 3.8) is 0 Å². The van der Waals surface area contributed by atoms with Crippen LogP contribution in [0.3, 0.4) is 0 Å². The number of piperazine rings is 1. The number of hydrogen-bond donors (Lipinski definition) is 0. The van der Waals surface area contributed by atoms with Gasteiger partial charge in [0, 0.05) is 31.7 Å². The zero-order valence-corrected chi connectivity index (χ0v) is 11.5. The highest BCUT2D eigenvalue weighted by Gasteiger charge is 2.34. The van der Waals surface area contributed by atoms with Crippen LogP contribution in [0, 0.1) is 0 Å². The molecule has 0 bridgehead atoms. The monoisotopic (exact) mass is 266 g/mol. The molecule has 18 heavy (non-hydrogen) atoms. The molecule has 2 unspecified atom stereocenters. The number of hydrogen-bond acceptors (Lipinski definition) is 4. The van der Waals surface area contributed by atoms with E-state index in [1.54, 1.807) is 12.4 Å². The van der Waals surface area contributed by atoms with Gasteiger partial charge >= 0.3 is 0 Å². The van der Waals surface area contributed by atoms with Crippen LogP contribution in [0.4, 0.5) is 0 Å². The molecule has 1 aromatic heterocycles. The quantitative estimate of drug-likeness (QED) is 0.817. The van der Waals surface area contributed by atoms with E-state index in [1.165, 1.54) is 25.9 Å². The first-order valence-corrected chi connectivity index (χ1v) is 7.04. The molecule has 1 aromatic rings. The lowest BCUT2D eigenvalue weighted by atomic mass is 10.1. The minimum atomic E-state index is 0.465. The van der Waals surface area contributed by atoms with Gasteiger partial charge in [-0.3, -0.25) is 14.8 Å². The van der Waals surface area contributed by atoms with Crippen molar-refractivity contribution in [1.29, 1.82) is 0 Å².